The second-order valence-electron chi connectivity index (χ2n) is 6.30. The Morgan fingerprint density at radius 1 is 0.783 bits per heavy atom. The quantitative estimate of drug-likeness (QED) is 0.699. The lowest BCUT2D eigenvalue weighted by Gasteiger charge is -2.25. The molecule has 116 valence electrons. The van der Waals surface area contributed by atoms with Gasteiger partial charge >= 0.3 is 0 Å². The van der Waals surface area contributed by atoms with Crippen molar-refractivity contribution in [2.24, 2.45) is 11.8 Å². The van der Waals surface area contributed by atoms with Gasteiger partial charge in [0.1, 0.15) is 0 Å². The fourth-order valence-electron chi connectivity index (χ4n) is 4.25. The molecule has 0 radical (unpaired) electrons. The number of hydrazine groups is 1. The van der Waals surface area contributed by atoms with E-state index in [2.05, 4.69) is 0 Å². The van der Waals surface area contributed by atoms with Crippen LogP contribution in [0.25, 0.3) is 0 Å². The molecule has 1 aromatic carbocycles. The topological polar surface area (TPSA) is 84.0 Å². The summed E-state index contributed by atoms with van der Waals surface area (Å²) in [5.74, 6) is -3.37. The van der Waals surface area contributed by atoms with E-state index in [0.717, 1.165) is 17.9 Å². The van der Waals surface area contributed by atoms with Gasteiger partial charge in [-0.1, -0.05) is 12.1 Å². The van der Waals surface area contributed by atoms with Crippen molar-refractivity contribution in [1.82, 2.24) is 10.0 Å². The molecule has 0 saturated carbocycles. The summed E-state index contributed by atoms with van der Waals surface area (Å²) in [6.07, 6.45) is 0.921. The fraction of sp³-hybridized carbons (Fsp3) is 0.375. The van der Waals surface area contributed by atoms with Crippen molar-refractivity contribution in [3.63, 3.8) is 0 Å². The minimum absolute atomic E-state index is 0.217. The van der Waals surface area contributed by atoms with Crippen molar-refractivity contribution in [3.05, 3.63) is 35.4 Å². The van der Waals surface area contributed by atoms with E-state index in [0.29, 0.717) is 5.01 Å². The highest BCUT2D eigenvalue weighted by atomic mass is 16.5. The molecule has 4 atom stereocenters. The first kappa shape index (κ1) is 13.0. The predicted molar refractivity (Wildman–Crippen MR) is 73.7 cm³/mol. The number of hydrogen-bond acceptors (Lipinski definition) is 5. The first-order valence-electron chi connectivity index (χ1n) is 7.60. The number of amides is 4. The Morgan fingerprint density at radius 2 is 1.26 bits per heavy atom. The van der Waals surface area contributed by atoms with Gasteiger partial charge in [-0.3, -0.25) is 19.2 Å². The van der Waals surface area contributed by atoms with Crippen molar-refractivity contribution in [1.29, 1.82) is 0 Å². The highest BCUT2D eigenvalue weighted by molar-refractivity contribution is 6.24. The van der Waals surface area contributed by atoms with Crippen LogP contribution < -0.4 is 0 Å². The number of imide groups is 2. The zero-order valence-electron chi connectivity index (χ0n) is 12.0. The summed E-state index contributed by atoms with van der Waals surface area (Å²) in [4.78, 5) is 50.4. The Balaban J connectivity index is 1.57. The molecule has 3 saturated heterocycles. The van der Waals surface area contributed by atoms with E-state index in [-0.39, 0.29) is 23.3 Å². The van der Waals surface area contributed by atoms with Gasteiger partial charge in [-0.25, -0.2) is 0 Å². The highest BCUT2D eigenvalue weighted by Gasteiger charge is 2.65. The molecule has 0 spiro atoms. The summed E-state index contributed by atoms with van der Waals surface area (Å²) >= 11 is 0. The lowest BCUT2D eigenvalue weighted by Crippen LogP contribution is -2.51. The molecule has 3 fully saturated rings. The van der Waals surface area contributed by atoms with Crippen molar-refractivity contribution in [3.8, 4) is 0 Å². The average molecular weight is 312 g/mol. The number of carbonyl (C=O) groups excluding carboxylic acids is 4. The molecule has 7 heteroatoms. The van der Waals surface area contributed by atoms with E-state index >= 15 is 0 Å². The van der Waals surface area contributed by atoms with E-state index < -0.39 is 35.5 Å². The number of hydrogen-bond donors (Lipinski definition) is 0. The molecule has 4 aliphatic rings. The summed E-state index contributed by atoms with van der Waals surface area (Å²) < 4.78 is 5.65. The highest BCUT2D eigenvalue weighted by Crippen LogP contribution is 2.49. The maximum absolute atomic E-state index is 12.7. The van der Waals surface area contributed by atoms with Crippen LogP contribution >= 0.6 is 0 Å². The van der Waals surface area contributed by atoms with Crippen molar-refractivity contribution >= 4 is 23.6 Å². The Bertz CT molecular complexity index is 740. The van der Waals surface area contributed by atoms with Gasteiger partial charge < -0.3 is 4.74 Å². The van der Waals surface area contributed by atoms with Gasteiger partial charge in [-0.05, 0) is 25.0 Å². The van der Waals surface area contributed by atoms with Gasteiger partial charge in [-0.15, -0.1) is 0 Å². The van der Waals surface area contributed by atoms with Crippen LogP contribution in [0.2, 0.25) is 0 Å². The minimum atomic E-state index is -0.625. The minimum Gasteiger partial charge on any atom is -0.373 e. The number of ether oxygens (including phenoxy) is 1. The monoisotopic (exact) mass is 312 g/mol. The smallest absolute Gasteiger partial charge is 0.281 e. The maximum atomic E-state index is 12.7. The molecule has 0 aliphatic carbocycles. The van der Waals surface area contributed by atoms with Crippen molar-refractivity contribution < 1.29 is 23.9 Å². The Hall–Kier alpha value is -2.54. The number of nitrogens with zero attached hydrogens (tertiary/aromatic N) is 2. The molecule has 0 unspecified atom stereocenters. The number of carbonyl (C=O) groups is 4. The summed E-state index contributed by atoms with van der Waals surface area (Å²) in [6, 6.07) is 6.33. The molecule has 0 N–H and O–H groups in total. The SMILES string of the molecule is O=C1c2ccccc2C(=O)N1N1C(=O)[C@@H]2[C@@H](C1=O)[C@H]1CC[C@@H]2O1. The van der Waals surface area contributed by atoms with Crippen LogP contribution in [0.4, 0.5) is 0 Å². The van der Waals surface area contributed by atoms with Crippen LogP contribution in [0, 0.1) is 11.8 Å². The molecule has 5 rings (SSSR count). The third kappa shape index (κ3) is 1.38. The van der Waals surface area contributed by atoms with Crippen molar-refractivity contribution in [2.75, 3.05) is 0 Å². The largest absolute Gasteiger partial charge is 0.373 e. The molecule has 1 aromatic rings. The summed E-state index contributed by atoms with van der Waals surface area (Å²) in [7, 11) is 0. The van der Waals surface area contributed by atoms with Gasteiger partial charge in [0.25, 0.3) is 23.6 Å². The molecule has 4 heterocycles. The van der Waals surface area contributed by atoms with Gasteiger partial charge in [0.15, 0.2) is 0 Å². The number of fused-ring (bicyclic) bond motifs is 6. The molecule has 4 aliphatic heterocycles. The molecule has 7 nitrogen and oxygen atoms in total. The fourth-order valence-corrected chi connectivity index (χ4v) is 4.25. The average Bonchev–Trinajstić information content (AvgIpc) is 3.28. The van der Waals surface area contributed by atoms with Gasteiger partial charge in [0, 0.05) is 0 Å². The summed E-state index contributed by atoms with van der Waals surface area (Å²) in [6.45, 7) is 0. The Morgan fingerprint density at radius 3 is 1.74 bits per heavy atom. The molecule has 23 heavy (non-hydrogen) atoms. The van der Waals surface area contributed by atoms with Gasteiger partial charge in [0.05, 0.1) is 35.2 Å². The molecule has 0 aromatic heterocycles. The van der Waals surface area contributed by atoms with Crippen LogP contribution in [-0.4, -0.2) is 45.9 Å². The maximum Gasteiger partial charge on any atom is 0.281 e. The standard InChI is InChI=1S/C16H12N2O5/c19-13-7-3-1-2-4-8(7)14(20)17(13)18-15(21)11-9-5-6-10(23-9)12(11)16(18)22/h1-4,9-12H,5-6H2/t9-,10+,11-,12-/m0/s1. The van der Waals surface area contributed by atoms with E-state index in [9.17, 15) is 19.2 Å². The second kappa shape index (κ2) is 4.05. The van der Waals surface area contributed by atoms with E-state index in [4.69, 9.17) is 4.74 Å². The van der Waals surface area contributed by atoms with Crippen LogP contribution in [0.15, 0.2) is 24.3 Å². The van der Waals surface area contributed by atoms with E-state index in [1.165, 1.54) is 12.1 Å². The third-order valence-electron chi connectivity index (χ3n) is 5.23. The van der Waals surface area contributed by atoms with Crippen molar-refractivity contribution in [2.45, 2.75) is 25.0 Å². The molecular formula is C16H12N2O5. The molecular weight excluding hydrogens is 300 g/mol. The predicted octanol–water partition coefficient (Wildman–Crippen LogP) is 0.360. The second-order valence-corrected chi connectivity index (χ2v) is 6.30. The van der Waals surface area contributed by atoms with E-state index in [1.54, 1.807) is 12.1 Å². The van der Waals surface area contributed by atoms with Crippen LogP contribution in [0.1, 0.15) is 33.6 Å². The normalized spacial score (nSPS) is 34.6. The zero-order valence-corrected chi connectivity index (χ0v) is 12.0. The Kier molecular flexibility index (Phi) is 2.28. The number of rotatable bonds is 1. The van der Waals surface area contributed by atoms with E-state index in [1.807, 2.05) is 0 Å². The zero-order chi connectivity index (χ0) is 15.9. The summed E-state index contributed by atoms with van der Waals surface area (Å²) in [5, 5.41) is 1.46. The van der Waals surface area contributed by atoms with Gasteiger partial charge in [-0.2, -0.15) is 10.0 Å². The molecule has 2 bridgehead atoms. The first-order chi connectivity index (χ1) is 11.1. The lowest BCUT2D eigenvalue weighted by atomic mass is 9.81. The van der Waals surface area contributed by atoms with Crippen LogP contribution in [-0.2, 0) is 14.3 Å². The van der Waals surface area contributed by atoms with Crippen LogP contribution in [0.5, 0.6) is 0 Å². The Labute approximate surface area is 130 Å². The lowest BCUT2D eigenvalue weighted by molar-refractivity contribution is -0.154. The van der Waals surface area contributed by atoms with Gasteiger partial charge in [0.2, 0.25) is 0 Å². The molecule has 4 amide bonds. The summed E-state index contributed by atoms with van der Waals surface area (Å²) in [5.41, 5.74) is 0.434. The third-order valence-corrected chi connectivity index (χ3v) is 5.23. The first-order valence-corrected chi connectivity index (χ1v) is 7.60. The van der Waals surface area contributed by atoms with Crippen LogP contribution in [0.3, 0.4) is 0 Å². The number of benzene rings is 1.